The molecule has 3 aliphatic rings. The van der Waals surface area contributed by atoms with Crippen LogP contribution in [0.2, 0.25) is 0 Å². The average Bonchev–Trinajstić information content (AvgIpc) is 3.66. The van der Waals surface area contributed by atoms with E-state index in [1.54, 1.807) is 45.7 Å². The van der Waals surface area contributed by atoms with Crippen LogP contribution in [0.3, 0.4) is 0 Å². The quantitative estimate of drug-likeness (QED) is 0.106. The van der Waals surface area contributed by atoms with E-state index in [0.29, 0.717) is 33.8 Å². The van der Waals surface area contributed by atoms with Crippen molar-refractivity contribution in [3.05, 3.63) is 126 Å². The van der Waals surface area contributed by atoms with Gasteiger partial charge >= 0.3 is 0 Å². The minimum absolute atomic E-state index is 0.159. The van der Waals surface area contributed by atoms with E-state index in [2.05, 4.69) is 62.9 Å². The van der Waals surface area contributed by atoms with Crippen molar-refractivity contribution in [1.29, 1.82) is 0 Å². The predicted octanol–water partition coefficient (Wildman–Crippen LogP) is 7.42. The van der Waals surface area contributed by atoms with Crippen LogP contribution in [0.4, 0.5) is 0 Å². The molecule has 0 aliphatic carbocycles. The van der Waals surface area contributed by atoms with E-state index in [1.165, 1.54) is 12.0 Å². The van der Waals surface area contributed by atoms with Crippen molar-refractivity contribution in [2.24, 2.45) is 11.8 Å². The van der Waals surface area contributed by atoms with Gasteiger partial charge < -0.3 is 33.8 Å². The Bertz CT molecular complexity index is 2330. The van der Waals surface area contributed by atoms with E-state index in [-0.39, 0.29) is 11.8 Å². The first kappa shape index (κ1) is 38.2. The number of aryl methyl sites for hydroxylation is 1. The second-order valence-electron chi connectivity index (χ2n) is 14.6. The summed E-state index contributed by atoms with van der Waals surface area (Å²) >= 11 is 0. The minimum Gasteiger partial charge on any atom is -0.497 e. The van der Waals surface area contributed by atoms with E-state index >= 15 is 0 Å². The zero-order valence-electron chi connectivity index (χ0n) is 32.1. The zero-order chi connectivity index (χ0) is 38.7. The van der Waals surface area contributed by atoms with Crippen LogP contribution in [-0.4, -0.2) is 69.2 Å². The molecule has 55 heavy (non-hydrogen) atoms. The third-order valence-corrected chi connectivity index (χ3v) is 12.6. The molecule has 6 atom stereocenters. The van der Waals surface area contributed by atoms with Gasteiger partial charge in [0.25, 0.3) is 0 Å². The summed E-state index contributed by atoms with van der Waals surface area (Å²) in [5.74, 6) is 3.64. The molecule has 0 spiro atoms. The maximum atomic E-state index is 12.6. The van der Waals surface area contributed by atoms with Crippen LogP contribution in [0, 0.1) is 25.7 Å². The summed E-state index contributed by atoms with van der Waals surface area (Å²) in [5.41, 5.74) is 7.13. The summed E-state index contributed by atoms with van der Waals surface area (Å²) in [7, 11) is 3.51. The number of imidazole rings is 1. The Kier molecular flexibility index (Phi) is 11.3. The van der Waals surface area contributed by atoms with Gasteiger partial charge in [0.05, 0.1) is 62.2 Å². The molecule has 1 N–H and O–H groups in total. The number of aliphatic hydroxyl groups is 1. The topological polar surface area (TPSA) is 118 Å². The van der Waals surface area contributed by atoms with Crippen LogP contribution < -0.4 is 19.2 Å². The lowest BCUT2D eigenvalue weighted by atomic mass is 9.71. The molecule has 3 aromatic heterocycles. The van der Waals surface area contributed by atoms with Gasteiger partial charge in [0.2, 0.25) is 0 Å². The Labute approximate surface area is 325 Å². The highest BCUT2D eigenvalue weighted by molar-refractivity contribution is 7.84. The van der Waals surface area contributed by atoms with Crippen LogP contribution in [0.5, 0.6) is 17.2 Å². The first-order chi connectivity index (χ1) is 26.7. The number of piperidine rings is 3. The second kappa shape index (κ2) is 16.3. The number of aromatic nitrogens is 4. The fourth-order valence-electron chi connectivity index (χ4n) is 8.62. The first-order valence-corrected chi connectivity index (χ1v) is 20.0. The lowest BCUT2D eigenvalue weighted by Gasteiger charge is -2.58. The molecule has 0 saturated carbocycles. The van der Waals surface area contributed by atoms with Crippen LogP contribution in [0.1, 0.15) is 46.9 Å². The summed E-state index contributed by atoms with van der Waals surface area (Å²) in [6.07, 6.45) is 7.38. The average molecular weight is 760 g/mol. The molecule has 4 unspecified atom stereocenters. The monoisotopic (exact) mass is 759 g/mol. The number of pyridine rings is 2. The SMILES string of the molecule is C=CC1C[N+]2(Cc3ccccc3)CCC1C[C@@H]2[C@@H](O)c1ccnc2ccc(OC)cc12.COc1ccc2[n-]c(S(=O)Cc3ncc(C)c(OC)c3C)nc2c1. The summed E-state index contributed by atoms with van der Waals surface area (Å²) in [5, 5.41) is 13.1. The smallest absolute Gasteiger partial charge is 0.131 e. The van der Waals surface area contributed by atoms with E-state index in [0.717, 1.165) is 75.3 Å². The number of benzene rings is 3. The Morgan fingerprint density at radius 1 is 0.982 bits per heavy atom. The number of ether oxygens (including phenoxy) is 3. The molecule has 3 fully saturated rings. The largest absolute Gasteiger partial charge is 0.497 e. The van der Waals surface area contributed by atoms with Crippen molar-refractivity contribution >= 4 is 32.7 Å². The molecular weight excluding hydrogens is 711 g/mol. The number of hydrogen-bond donors (Lipinski definition) is 1. The Morgan fingerprint density at radius 3 is 2.49 bits per heavy atom. The van der Waals surface area contributed by atoms with Crippen LogP contribution >= 0.6 is 0 Å². The van der Waals surface area contributed by atoms with E-state index in [4.69, 9.17) is 14.2 Å². The molecule has 2 bridgehead atoms. The van der Waals surface area contributed by atoms with Gasteiger partial charge in [-0.25, -0.2) is 0 Å². The van der Waals surface area contributed by atoms with Gasteiger partial charge in [0.15, 0.2) is 0 Å². The number of fused-ring (bicyclic) bond motifs is 5. The number of nitrogens with zero attached hydrogens (tertiary/aromatic N) is 5. The maximum Gasteiger partial charge on any atom is 0.131 e. The van der Waals surface area contributed by atoms with Crippen molar-refractivity contribution in [3.8, 4) is 17.2 Å². The molecule has 0 amide bonds. The third kappa shape index (κ3) is 7.74. The van der Waals surface area contributed by atoms with Crippen molar-refractivity contribution in [2.45, 2.75) is 56.3 Å². The molecule has 9 rings (SSSR count). The van der Waals surface area contributed by atoms with Crippen LogP contribution in [-0.2, 0) is 23.1 Å². The lowest BCUT2D eigenvalue weighted by Crippen LogP contribution is -2.67. The van der Waals surface area contributed by atoms with Crippen molar-refractivity contribution in [1.82, 2.24) is 19.9 Å². The highest BCUT2D eigenvalue weighted by atomic mass is 32.2. The molecule has 6 heterocycles. The normalized spacial score (nSPS) is 21.4. The number of rotatable bonds is 11. The Morgan fingerprint density at radius 2 is 1.75 bits per heavy atom. The number of hydrogen-bond acceptors (Lipinski definition) is 8. The third-order valence-electron chi connectivity index (χ3n) is 11.5. The van der Waals surface area contributed by atoms with Gasteiger partial charge in [-0.15, -0.1) is 6.58 Å². The van der Waals surface area contributed by atoms with Gasteiger partial charge in [-0.1, -0.05) is 42.5 Å². The molecule has 286 valence electrons. The van der Waals surface area contributed by atoms with Crippen LogP contribution in [0.15, 0.2) is 103 Å². The first-order valence-electron chi connectivity index (χ1n) is 18.7. The fraction of sp³-hybridized carbons (Fsp3) is 0.341. The Balaban J connectivity index is 0.000000175. The number of quaternary nitrogens is 1. The summed E-state index contributed by atoms with van der Waals surface area (Å²) in [6.45, 7) is 11.1. The van der Waals surface area contributed by atoms with Gasteiger partial charge in [-0.3, -0.25) is 14.2 Å². The van der Waals surface area contributed by atoms with Crippen LogP contribution in [0.25, 0.3) is 21.9 Å². The zero-order valence-corrected chi connectivity index (χ0v) is 33.0. The van der Waals surface area contributed by atoms with E-state index < -0.39 is 16.9 Å². The highest BCUT2D eigenvalue weighted by Gasteiger charge is 2.54. The maximum absolute atomic E-state index is 12.6. The predicted molar refractivity (Wildman–Crippen MR) is 216 cm³/mol. The molecule has 10 nitrogen and oxygen atoms in total. The minimum atomic E-state index is -1.38. The lowest BCUT2D eigenvalue weighted by molar-refractivity contribution is -0.984. The molecule has 6 aromatic rings. The fourth-order valence-corrected chi connectivity index (χ4v) is 9.69. The standard InChI is InChI=1S/C27H31N2O2.C17H18N3O3S/c1-3-20-18-29(17-19-7-5-4-6-8-19)14-12-21(20)15-26(29)27(30)23-11-13-28-25-10-9-22(31-2)16-24(23)25;1-10-8-18-15(11(2)16(10)23-4)9-24(21)17-19-13-6-5-12(22-3)7-14(13)20-17/h3-11,13,16,20-21,26-27,30H,1,12,14-15,17-18H2,2H3;5-8H,9H2,1-4H3/q+1;-1/t20?,21?,26-,27+,29?;/m1./s1. The summed E-state index contributed by atoms with van der Waals surface area (Å²) in [6, 6.07) is 24.2. The molecule has 3 aliphatic heterocycles. The number of methoxy groups -OCH3 is 3. The molecular formula is C44H49N5O5S. The summed E-state index contributed by atoms with van der Waals surface area (Å²) in [4.78, 5) is 17.6. The van der Waals surface area contributed by atoms with E-state index in [9.17, 15) is 9.32 Å². The molecule has 11 heteroatoms. The summed E-state index contributed by atoms with van der Waals surface area (Å²) < 4.78 is 29.6. The molecule has 0 radical (unpaired) electrons. The highest BCUT2D eigenvalue weighted by Crippen LogP contribution is 2.48. The van der Waals surface area contributed by atoms with Gasteiger partial charge in [-0.05, 0) is 72.8 Å². The van der Waals surface area contributed by atoms with Crippen molar-refractivity contribution in [2.75, 3.05) is 34.4 Å². The van der Waals surface area contributed by atoms with E-state index in [1.807, 2.05) is 44.3 Å². The van der Waals surface area contributed by atoms with Gasteiger partial charge in [0.1, 0.15) is 35.9 Å². The second-order valence-corrected chi connectivity index (χ2v) is 16.0. The van der Waals surface area contributed by atoms with Crippen molar-refractivity contribution < 1.29 is 28.0 Å². The van der Waals surface area contributed by atoms with Gasteiger partial charge in [0, 0.05) is 58.4 Å². The molecule has 3 saturated heterocycles. The molecule has 3 aromatic carbocycles. The van der Waals surface area contributed by atoms with Crippen molar-refractivity contribution in [3.63, 3.8) is 0 Å². The van der Waals surface area contributed by atoms with Gasteiger partial charge in [-0.2, -0.15) is 0 Å². The number of aliphatic hydroxyl groups excluding tert-OH is 1. The Hall–Kier alpha value is -5.10.